The SMILES string of the molecule is CC1CC1C(=O)N1CC2(C1)CN(C)C(C(=O)N(C)Cc1ccccn1)CO2.O=C(O)C(F)(F)F.O=C(O)C(F)(F)F. The number of pyridine rings is 1. The number of hydrogen-bond donors (Lipinski definition) is 2. The Morgan fingerprint density at radius 1 is 1.05 bits per heavy atom. The third-order valence-electron chi connectivity index (χ3n) is 6.58. The van der Waals surface area contributed by atoms with Crippen LogP contribution in [0, 0.1) is 11.8 Å². The molecule has 2 amide bonds. The molecule has 4 rings (SSSR count). The number of carboxylic acid groups (broad SMARTS) is 2. The number of rotatable bonds is 4. The Morgan fingerprint density at radius 3 is 1.95 bits per heavy atom. The Balaban J connectivity index is 0.000000349. The van der Waals surface area contributed by atoms with Gasteiger partial charge in [-0.25, -0.2) is 9.59 Å². The van der Waals surface area contributed by atoms with Crippen molar-refractivity contribution in [2.45, 2.75) is 43.9 Å². The van der Waals surface area contributed by atoms with Crippen LogP contribution in [-0.2, 0) is 30.5 Å². The maximum absolute atomic E-state index is 12.8. The lowest BCUT2D eigenvalue weighted by atomic mass is 9.90. The Bertz CT molecular complexity index is 1070. The number of carboxylic acids is 2. The van der Waals surface area contributed by atoms with E-state index >= 15 is 0 Å². The van der Waals surface area contributed by atoms with Gasteiger partial charge >= 0.3 is 24.3 Å². The molecular formula is C24H30F6N4O7. The summed E-state index contributed by atoms with van der Waals surface area (Å²) in [6.45, 7) is 4.93. The number of likely N-dealkylation sites (tertiary alicyclic amines) is 1. The van der Waals surface area contributed by atoms with Crippen molar-refractivity contribution in [3.8, 4) is 0 Å². The summed E-state index contributed by atoms with van der Waals surface area (Å²) in [6, 6.07) is 5.41. The minimum atomic E-state index is -5.08. The Labute approximate surface area is 230 Å². The standard InChI is InChI=1S/C20H28N4O3.2C2HF3O2/c1-14-8-16(14)18(25)24-12-20(13-24)11-23(3)17(10-27-20)19(26)22(2)9-15-6-4-5-7-21-15;2*3-2(4,5)1(6)7/h4-7,14,16-17H,8-13H2,1-3H3;2*(H,6,7). The molecule has 3 unspecified atom stereocenters. The number of likely N-dealkylation sites (N-methyl/N-ethyl adjacent to an activating group) is 2. The molecule has 3 heterocycles. The van der Waals surface area contributed by atoms with Crippen molar-refractivity contribution in [1.29, 1.82) is 0 Å². The van der Waals surface area contributed by atoms with Gasteiger partial charge in [0.05, 0.1) is 31.9 Å². The minimum Gasteiger partial charge on any atom is -0.475 e. The van der Waals surface area contributed by atoms with Crippen LogP contribution in [0.5, 0.6) is 0 Å². The lowest BCUT2D eigenvalue weighted by Crippen LogP contribution is -2.73. The Morgan fingerprint density at radius 2 is 1.56 bits per heavy atom. The normalized spacial score (nSPS) is 23.1. The van der Waals surface area contributed by atoms with E-state index in [0.717, 1.165) is 12.1 Å². The summed E-state index contributed by atoms with van der Waals surface area (Å²) in [5.74, 6) is -4.45. The molecule has 2 aliphatic heterocycles. The molecule has 3 fully saturated rings. The summed E-state index contributed by atoms with van der Waals surface area (Å²) in [6.07, 6.45) is -7.42. The first-order valence-corrected chi connectivity index (χ1v) is 12.2. The maximum Gasteiger partial charge on any atom is 0.490 e. The van der Waals surface area contributed by atoms with Gasteiger partial charge in [0.2, 0.25) is 11.8 Å². The fourth-order valence-corrected chi connectivity index (χ4v) is 4.22. The molecule has 41 heavy (non-hydrogen) atoms. The van der Waals surface area contributed by atoms with Crippen LogP contribution in [0.2, 0.25) is 0 Å². The molecule has 3 aliphatic rings. The third kappa shape index (κ3) is 9.55. The van der Waals surface area contributed by atoms with Gasteiger partial charge in [0.25, 0.3) is 0 Å². The first-order chi connectivity index (χ1) is 18.8. The zero-order valence-electron chi connectivity index (χ0n) is 22.3. The van der Waals surface area contributed by atoms with Gasteiger partial charge in [-0.2, -0.15) is 26.3 Å². The molecule has 17 heteroatoms. The second kappa shape index (κ2) is 13.0. The van der Waals surface area contributed by atoms with E-state index in [1.165, 1.54) is 0 Å². The molecule has 0 aromatic carbocycles. The highest BCUT2D eigenvalue weighted by atomic mass is 19.4. The van der Waals surface area contributed by atoms with E-state index in [-0.39, 0.29) is 29.4 Å². The minimum absolute atomic E-state index is 0.0389. The van der Waals surface area contributed by atoms with Crippen molar-refractivity contribution >= 4 is 23.8 Å². The quantitative estimate of drug-likeness (QED) is 0.496. The van der Waals surface area contributed by atoms with Gasteiger partial charge in [-0.05, 0) is 31.5 Å². The van der Waals surface area contributed by atoms with Crippen LogP contribution in [0.25, 0.3) is 0 Å². The average Bonchev–Trinajstić information content (AvgIpc) is 3.58. The molecule has 3 atom stereocenters. The van der Waals surface area contributed by atoms with E-state index in [1.807, 2.05) is 30.1 Å². The van der Waals surface area contributed by atoms with Crippen molar-refractivity contribution in [1.82, 2.24) is 19.7 Å². The van der Waals surface area contributed by atoms with Gasteiger partial charge in [0, 0.05) is 25.7 Å². The predicted molar refractivity (Wildman–Crippen MR) is 127 cm³/mol. The summed E-state index contributed by atoms with van der Waals surface area (Å²) < 4.78 is 69.6. The fraction of sp³-hybridized carbons (Fsp3) is 0.625. The predicted octanol–water partition coefficient (Wildman–Crippen LogP) is 1.87. The van der Waals surface area contributed by atoms with E-state index in [4.69, 9.17) is 24.5 Å². The van der Waals surface area contributed by atoms with Crippen molar-refractivity contribution in [2.75, 3.05) is 40.3 Å². The number of carbonyl (C=O) groups is 4. The van der Waals surface area contributed by atoms with Gasteiger partial charge in [0.1, 0.15) is 11.6 Å². The van der Waals surface area contributed by atoms with Crippen LogP contribution in [0.15, 0.2) is 24.4 Å². The average molecular weight is 601 g/mol. The van der Waals surface area contributed by atoms with Crippen LogP contribution in [0.4, 0.5) is 26.3 Å². The van der Waals surface area contributed by atoms with Gasteiger partial charge in [0.15, 0.2) is 0 Å². The highest BCUT2D eigenvalue weighted by Gasteiger charge is 2.54. The summed E-state index contributed by atoms with van der Waals surface area (Å²) >= 11 is 0. The molecule has 11 nitrogen and oxygen atoms in total. The highest BCUT2D eigenvalue weighted by Crippen LogP contribution is 2.42. The Kier molecular flexibility index (Phi) is 10.7. The molecular weight excluding hydrogens is 570 g/mol. The van der Waals surface area contributed by atoms with Crippen LogP contribution in [-0.4, -0.2) is 118 Å². The fourth-order valence-electron chi connectivity index (χ4n) is 4.22. The molecule has 1 aromatic heterocycles. The lowest BCUT2D eigenvalue weighted by molar-refractivity contribution is -0.203. The van der Waals surface area contributed by atoms with Crippen LogP contribution in [0.1, 0.15) is 19.0 Å². The number of carbonyl (C=O) groups excluding carboxylic acids is 2. The number of amides is 2. The van der Waals surface area contributed by atoms with Crippen molar-refractivity contribution in [3.63, 3.8) is 0 Å². The molecule has 0 bridgehead atoms. The first kappa shape index (κ1) is 33.7. The van der Waals surface area contributed by atoms with Crippen LogP contribution >= 0.6 is 0 Å². The number of morpholine rings is 1. The van der Waals surface area contributed by atoms with E-state index in [1.54, 1.807) is 18.1 Å². The van der Waals surface area contributed by atoms with Crippen LogP contribution in [0.3, 0.4) is 0 Å². The number of nitrogens with zero attached hydrogens (tertiary/aromatic N) is 4. The van der Waals surface area contributed by atoms with Gasteiger partial charge < -0.3 is 24.7 Å². The summed E-state index contributed by atoms with van der Waals surface area (Å²) in [4.78, 5) is 52.9. The maximum atomic E-state index is 12.8. The molecule has 1 saturated carbocycles. The van der Waals surface area contributed by atoms with Gasteiger partial charge in [-0.1, -0.05) is 13.0 Å². The number of aromatic nitrogens is 1. The topological polar surface area (TPSA) is 141 Å². The van der Waals surface area contributed by atoms with Crippen molar-refractivity contribution < 1.29 is 60.5 Å². The number of hydrogen-bond acceptors (Lipinski definition) is 7. The number of halogens is 6. The summed E-state index contributed by atoms with van der Waals surface area (Å²) in [5, 5.41) is 14.2. The molecule has 230 valence electrons. The second-order valence-corrected chi connectivity index (χ2v) is 10.1. The number of aliphatic carboxylic acids is 2. The molecule has 1 spiro atoms. The van der Waals surface area contributed by atoms with Gasteiger partial charge in [-0.15, -0.1) is 0 Å². The summed E-state index contributed by atoms with van der Waals surface area (Å²) in [7, 11) is 3.77. The zero-order valence-corrected chi connectivity index (χ0v) is 22.3. The molecule has 1 aliphatic carbocycles. The highest BCUT2D eigenvalue weighted by molar-refractivity contribution is 5.83. The van der Waals surface area contributed by atoms with E-state index in [0.29, 0.717) is 38.7 Å². The third-order valence-corrected chi connectivity index (χ3v) is 6.58. The van der Waals surface area contributed by atoms with Crippen LogP contribution < -0.4 is 0 Å². The molecule has 2 N–H and O–H groups in total. The molecule has 0 radical (unpaired) electrons. The lowest BCUT2D eigenvalue weighted by Gasteiger charge is -2.55. The van der Waals surface area contributed by atoms with E-state index in [9.17, 15) is 35.9 Å². The van der Waals surface area contributed by atoms with Gasteiger partial charge in [-0.3, -0.25) is 19.5 Å². The Hall–Kier alpha value is -3.47. The molecule has 2 saturated heterocycles. The number of ether oxygens (including phenoxy) is 1. The number of alkyl halides is 6. The zero-order chi connectivity index (χ0) is 31.3. The van der Waals surface area contributed by atoms with E-state index < -0.39 is 24.3 Å². The second-order valence-electron chi connectivity index (χ2n) is 10.1. The monoisotopic (exact) mass is 600 g/mol. The summed E-state index contributed by atoms with van der Waals surface area (Å²) in [5.41, 5.74) is 0.561. The van der Waals surface area contributed by atoms with Crippen molar-refractivity contribution in [2.24, 2.45) is 11.8 Å². The largest absolute Gasteiger partial charge is 0.490 e. The smallest absolute Gasteiger partial charge is 0.475 e. The van der Waals surface area contributed by atoms with E-state index in [2.05, 4.69) is 16.8 Å². The first-order valence-electron chi connectivity index (χ1n) is 12.2. The van der Waals surface area contributed by atoms with Crippen molar-refractivity contribution in [3.05, 3.63) is 30.1 Å². The molecule has 1 aromatic rings.